The Bertz CT molecular complexity index is 652. The molecule has 23 heavy (non-hydrogen) atoms. The summed E-state index contributed by atoms with van der Waals surface area (Å²) in [7, 11) is 3.69. The summed E-state index contributed by atoms with van der Waals surface area (Å²) in [6.07, 6.45) is 0. The normalized spacial score (nSPS) is 14.1. The molecular weight excluding hydrogens is 290 g/mol. The van der Waals surface area contributed by atoms with Crippen molar-refractivity contribution < 1.29 is 9.53 Å². The fourth-order valence-corrected chi connectivity index (χ4v) is 2.62. The van der Waals surface area contributed by atoms with Crippen LogP contribution in [0.25, 0.3) is 0 Å². The van der Waals surface area contributed by atoms with E-state index in [-0.39, 0.29) is 6.03 Å². The van der Waals surface area contributed by atoms with Crippen LogP contribution in [0.5, 0.6) is 5.75 Å². The van der Waals surface area contributed by atoms with Crippen LogP contribution in [0.15, 0.2) is 54.6 Å². The van der Waals surface area contributed by atoms with Crippen molar-refractivity contribution >= 4 is 17.4 Å². The number of ether oxygens (including phenoxy) is 1. The Kier molecular flexibility index (Phi) is 4.37. The lowest BCUT2D eigenvalue weighted by Crippen LogP contribution is -2.61. The molecule has 0 bridgehead atoms. The van der Waals surface area contributed by atoms with Crippen molar-refractivity contribution in [1.29, 1.82) is 0 Å². The summed E-state index contributed by atoms with van der Waals surface area (Å²) < 4.78 is 5.11. The van der Waals surface area contributed by atoms with Crippen molar-refractivity contribution in [2.45, 2.75) is 6.04 Å². The topological polar surface area (TPSA) is 44.8 Å². The van der Waals surface area contributed by atoms with Crippen LogP contribution in [0.1, 0.15) is 0 Å². The molecular formula is C18H21N3O2. The van der Waals surface area contributed by atoms with Crippen molar-refractivity contribution in [2.75, 3.05) is 37.5 Å². The van der Waals surface area contributed by atoms with Crippen molar-refractivity contribution in [3.8, 4) is 5.75 Å². The van der Waals surface area contributed by atoms with E-state index < -0.39 is 0 Å². The lowest BCUT2D eigenvalue weighted by atomic mass is 10.1. The van der Waals surface area contributed by atoms with Crippen molar-refractivity contribution in [2.24, 2.45) is 0 Å². The molecule has 0 unspecified atom stereocenters. The van der Waals surface area contributed by atoms with E-state index in [1.54, 1.807) is 7.11 Å². The Morgan fingerprint density at radius 2 is 1.78 bits per heavy atom. The van der Waals surface area contributed by atoms with Crippen LogP contribution in [0.4, 0.5) is 16.2 Å². The van der Waals surface area contributed by atoms with Crippen LogP contribution in [-0.2, 0) is 0 Å². The Labute approximate surface area is 136 Å². The highest BCUT2D eigenvalue weighted by Crippen LogP contribution is 2.22. The van der Waals surface area contributed by atoms with Gasteiger partial charge in [-0.05, 0) is 36.4 Å². The van der Waals surface area contributed by atoms with Crippen LogP contribution < -0.4 is 15.0 Å². The molecule has 1 heterocycles. The third kappa shape index (κ3) is 3.39. The van der Waals surface area contributed by atoms with Gasteiger partial charge in [0.15, 0.2) is 0 Å². The number of carbonyl (C=O) groups is 1. The van der Waals surface area contributed by atoms with Gasteiger partial charge >= 0.3 is 6.03 Å². The van der Waals surface area contributed by atoms with E-state index in [9.17, 15) is 4.79 Å². The van der Waals surface area contributed by atoms with Gasteiger partial charge < -0.3 is 19.9 Å². The Morgan fingerprint density at radius 1 is 1.13 bits per heavy atom. The molecule has 1 N–H and O–H groups in total. The number of methoxy groups -OCH3 is 1. The zero-order chi connectivity index (χ0) is 16.2. The van der Waals surface area contributed by atoms with Gasteiger partial charge in [-0.1, -0.05) is 18.2 Å². The summed E-state index contributed by atoms with van der Waals surface area (Å²) >= 11 is 0. The smallest absolute Gasteiger partial charge is 0.321 e. The van der Waals surface area contributed by atoms with Crippen molar-refractivity contribution in [1.82, 2.24) is 4.90 Å². The van der Waals surface area contributed by atoms with Crippen LogP contribution >= 0.6 is 0 Å². The molecule has 0 aliphatic carbocycles. The first-order chi connectivity index (χ1) is 11.2. The summed E-state index contributed by atoms with van der Waals surface area (Å²) in [5.41, 5.74) is 1.95. The largest absolute Gasteiger partial charge is 0.497 e. The third-order valence-corrected chi connectivity index (χ3v) is 4.20. The van der Waals surface area contributed by atoms with Gasteiger partial charge in [0, 0.05) is 31.5 Å². The molecule has 1 aliphatic heterocycles. The van der Waals surface area contributed by atoms with Gasteiger partial charge in [0.1, 0.15) is 5.75 Å². The van der Waals surface area contributed by atoms with Crippen LogP contribution in [0, 0.1) is 0 Å². The Morgan fingerprint density at radius 3 is 2.39 bits per heavy atom. The zero-order valence-corrected chi connectivity index (χ0v) is 13.4. The van der Waals surface area contributed by atoms with Gasteiger partial charge in [0.25, 0.3) is 0 Å². The summed E-state index contributed by atoms with van der Waals surface area (Å²) in [6, 6.07) is 17.9. The molecule has 3 rings (SSSR count). The molecule has 0 atom stereocenters. The van der Waals surface area contributed by atoms with E-state index in [4.69, 9.17) is 4.74 Å². The minimum Gasteiger partial charge on any atom is -0.497 e. The highest BCUT2D eigenvalue weighted by atomic mass is 16.5. The monoisotopic (exact) mass is 311 g/mol. The molecule has 1 saturated heterocycles. The number of benzene rings is 2. The number of amides is 2. The van der Waals surface area contributed by atoms with E-state index in [1.807, 2.05) is 47.4 Å². The fraction of sp³-hybridized carbons (Fsp3) is 0.278. The molecule has 2 amide bonds. The molecule has 5 nitrogen and oxygen atoms in total. The number of nitrogens with zero attached hydrogens (tertiary/aromatic N) is 2. The fourth-order valence-electron chi connectivity index (χ4n) is 2.62. The number of urea groups is 1. The highest BCUT2D eigenvalue weighted by Gasteiger charge is 2.33. The molecule has 2 aromatic rings. The zero-order valence-electron chi connectivity index (χ0n) is 13.4. The number of nitrogens with one attached hydrogen (secondary N) is 1. The summed E-state index contributed by atoms with van der Waals surface area (Å²) in [6.45, 7) is 1.46. The molecule has 5 heteroatoms. The van der Waals surface area contributed by atoms with E-state index in [2.05, 4.69) is 29.4 Å². The quantitative estimate of drug-likeness (QED) is 0.944. The molecule has 0 aromatic heterocycles. The van der Waals surface area contributed by atoms with E-state index in [1.165, 1.54) is 5.69 Å². The van der Waals surface area contributed by atoms with Gasteiger partial charge in [-0.3, -0.25) is 0 Å². The number of likely N-dealkylation sites (N-methyl/N-ethyl adjacent to an activating group) is 1. The number of rotatable bonds is 4. The molecule has 120 valence electrons. The molecule has 1 aliphatic rings. The second-order valence-electron chi connectivity index (χ2n) is 5.66. The standard InChI is InChI=1S/C18H21N3O2/c1-20(15-6-4-3-5-7-15)16-12-21(13-16)18(22)19-14-8-10-17(23-2)11-9-14/h3-11,16H,12-13H2,1-2H3,(H,19,22). The summed E-state index contributed by atoms with van der Waals surface area (Å²) in [4.78, 5) is 16.3. The first kappa shape index (κ1) is 15.2. The predicted octanol–water partition coefficient (Wildman–Crippen LogP) is 3.05. The Balaban J connectivity index is 1.51. The molecule has 1 fully saturated rings. The maximum absolute atomic E-state index is 12.2. The van der Waals surface area contributed by atoms with Gasteiger partial charge in [0.05, 0.1) is 13.2 Å². The van der Waals surface area contributed by atoms with Crippen molar-refractivity contribution in [3.63, 3.8) is 0 Å². The van der Waals surface area contributed by atoms with Gasteiger partial charge in [-0.25, -0.2) is 4.79 Å². The number of para-hydroxylation sites is 1. The average molecular weight is 311 g/mol. The maximum atomic E-state index is 12.2. The van der Waals surface area contributed by atoms with Gasteiger partial charge in [-0.2, -0.15) is 0 Å². The van der Waals surface area contributed by atoms with E-state index in [0.29, 0.717) is 6.04 Å². The Hall–Kier alpha value is -2.69. The molecule has 0 spiro atoms. The number of anilines is 2. The first-order valence-electron chi connectivity index (χ1n) is 7.65. The van der Waals surface area contributed by atoms with Gasteiger partial charge in [-0.15, -0.1) is 0 Å². The van der Waals surface area contributed by atoms with Crippen LogP contribution in [0.2, 0.25) is 0 Å². The average Bonchev–Trinajstić information content (AvgIpc) is 2.55. The second kappa shape index (κ2) is 6.60. The number of hydrogen-bond acceptors (Lipinski definition) is 3. The maximum Gasteiger partial charge on any atom is 0.321 e. The molecule has 0 radical (unpaired) electrons. The first-order valence-corrected chi connectivity index (χ1v) is 7.65. The van der Waals surface area contributed by atoms with Crippen LogP contribution in [0.3, 0.4) is 0 Å². The third-order valence-electron chi connectivity index (χ3n) is 4.20. The molecule has 0 saturated carbocycles. The number of carbonyl (C=O) groups excluding carboxylic acids is 1. The lowest BCUT2D eigenvalue weighted by Gasteiger charge is -2.44. The van der Waals surface area contributed by atoms with E-state index in [0.717, 1.165) is 24.5 Å². The highest BCUT2D eigenvalue weighted by molar-refractivity contribution is 5.90. The second-order valence-corrected chi connectivity index (χ2v) is 5.66. The number of likely N-dealkylation sites (tertiary alicyclic amines) is 1. The van der Waals surface area contributed by atoms with Crippen molar-refractivity contribution in [3.05, 3.63) is 54.6 Å². The van der Waals surface area contributed by atoms with E-state index >= 15 is 0 Å². The predicted molar refractivity (Wildman–Crippen MR) is 92.2 cm³/mol. The minimum absolute atomic E-state index is 0.0621. The number of hydrogen-bond donors (Lipinski definition) is 1. The lowest BCUT2D eigenvalue weighted by molar-refractivity contribution is 0.163. The van der Waals surface area contributed by atoms with Gasteiger partial charge in [0.2, 0.25) is 0 Å². The molecule has 2 aromatic carbocycles. The summed E-state index contributed by atoms with van der Waals surface area (Å²) in [5.74, 6) is 0.775. The summed E-state index contributed by atoms with van der Waals surface area (Å²) in [5, 5.41) is 2.91. The SMILES string of the molecule is COc1ccc(NC(=O)N2CC(N(C)c3ccccc3)C2)cc1. The minimum atomic E-state index is -0.0621. The van der Waals surface area contributed by atoms with Crippen LogP contribution in [-0.4, -0.2) is 44.2 Å².